The molecule has 5 nitrogen and oxygen atoms in total. The predicted molar refractivity (Wildman–Crippen MR) is 113 cm³/mol. The first kappa shape index (κ1) is 20.2. The quantitative estimate of drug-likeness (QED) is 0.239. The van der Waals surface area contributed by atoms with E-state index in [0.717, 1.165) is 10.5 Å². The van der Waals surface area contributed by atoms with E-state index in [1.165, 1.54) is 24.0 Å². The largest absolute Gasteiger partial charge is 0.391 e. The van der Waals surface area contributed by atoms with Crippen LogP contribution in [0.1, 0.15) is 11.1 Å². The molecule has 3 aromatic rings. The summed E-state index contributed by atoms with van der Waals surface area (Å²) in [4.78, 5) is 17.7. The molecule has 3 rings (SSSR count). The van der Waals surface area contributed by atoms with Crippen LogP contribution in [0.4, 0.5) is 5.69 Å². The number of nitro benzene ring substituents is 1. The summed E-state index contributed by atoms with van der Waals surface area (Å²) in [6, 6.07) is 19.2. The number of oxime groups is 1. The lowest BCUT2D eigenvalue weighted by Crippen LogP contribution is -1.94. The molecule has 0 aromatic heterocycles. The monoisotopic (exact) mass is 432 g/mol. The van der Waals surface area contributed by atoms with Crippen molar-refractivity contribution in [3.63, 3.8) is 0 Å². The van der Waals surface area contributed by atoms with E-state index in [1.54, 1.807) is 36.4 Å². The first-order valence-electron chi connectivity index (χ1n) is 8.13. The fraction of sp³-hybridized carbons (Fsp3) is 0.0500. The molecule has 0 aliphatic rings. The van der Waals surface area contributed by atoms with Gasteiger partial charge in [0.25, 0.3) is 5.69 Å². The number of hydrogen-bond acceptors (Lipinski definition) is 5. The van der Waals surface area contributed by atoms with Crippen molar-refractivity contribution in [2.75, 3.05) is 0 Å². The van der Waals surface area contributed by atoms with Gasteiger partial charge < -0.3 is 4.84 Å². The van der Waals surface area contributed by atoms with Gasteiger partial charge in [-0.05, 0) is 48.0 Å². The summed E-state index contributed by atoms with van der Waals surface area (Å²) in [5.41, 5.74) is 1.49. The predicted octanol–water partition coefficient (Wildman–Crippen LogP) is 6.60. The van der Waals surface area contributed by atoms with Crippen molar-refractivity contribution in [3.8, 4) is 0 Å². The number of nitro groups is 1. The molecule has 0 aliphatic carbocycles. The summed E-state index contributed by atoms with van der Waals surface area (Å²) >= 11 is 13.0. The first-order chi connectivity index (χ1) is 13.5. The van der Waals surface area contributed by atoms with Crippen molar-refractivity contribution in [2.45, 2.75) is 16.4 Å². The standard InChI is InChI=1S/C20H14Cl2N2O3S/c21-16-4-1-14(2-5-16)13-27-23-12-15-3-10-20(19(11-15)24(25)26)28-18-8-6-17(22)7-9-18/h1-12H,13H2. The average molecular weight is 433 g/mol. The second kappa shape index (κ2) is 9.59. The summed E-state index contributed by atoms with van der Waals surface area (Å²) in [7, 11) is 0. The number of benzene rings is 3. The van der Waals surface area contributed by atoms with E-state index in [-0.39, 0.29) is 12.3 Å². The van der Waals surface area contributed by atoms with Crippen LogP contribution in [0.2, 0.25) is 10.0 Å². The molecule has 0 N–H and O–H groups in total. The van der Waals surface area contributed by atoms with Crippen LogP contribution in [0.5, 0.6) is 0 Å². The molecule has 28 heavy (non-hydrogen) atoms. The molecule has 0 spiro atoms. The molecule has 0 saturated carbocycles. The molecular formula is C20H14Cl2N2O3S. The third-order valence-electron chi connectivity index (χ3n) is 3.64. The Morgan fingerprint density at radius 3 is 2.29 bits per heavy atom. The maximum Gasteiger partial charge on any atom is 0.283 e. The molecule has 0 fully saturated rings. The van der Waals surface area contributed by atoms with Crippen LogP contribution in [0.15, 0.2) is 81.7 Å². The average Bonchev–Trinajstić information content (AvgIpc) is 2.69. The zero-order valence-corrected chi connectivity index (χ0v) is 16.7. The molecule has 0 atom stereocenters. The minimum absolute atomic E-state index is 0.00148. The van der Waals surface area contributed by atoms with Gasteiger partial charge in [0.2, 0.25) is 0 Å². The van der Waals surface area contributed by atoms with Gasteiger partial charge in [0.05, 0.1) is 16.0 Å². The van der Waals surface area contributed by atoms with Crippen molar-refractivity contribution < 1.29 is 9.76 Å². The van der Waals surface area contributed by atoms with Gasteiger partial charge >= 0.3 is 0 Å². The lowest BCUT2D eigenvalue weighted by atomic mass is 10.2. The minimum Gasteiger partial charge on any atom is -0.391 e. The fourth-order valence-corrected chi connectivity index (χ4v) is 3.42. The molecular weight excluding hydrogens is 419 g/mol. The summed E-state index contributed by atoms with van der Waals surface area (Å²) in [6.45, 7) is 0.278. The summed E-state index contributed by atoms with van der Waals surface area (Å²) in [5.74, 6) is 0. The van der Waals surface area contributed by atoms with Gasteiger partial charge in [-0.1, -0.05) is 58.3 Å². The van der Waals surface area contributed by atoms with E-state index in [4.69, 9.17) is 28.0 Å². The van der Waals surface area contributed by atoms with E-state index in [2.05, 4.69) is 5.16 Å². The Labute approximate surface area is 176 Å². The first-order valence-corrected chi connectivity index (χ1v) is 9.70. The van der Waals surface area contributed by atoms with Gasteiger partial charge in [-0.15, -0.1) is 0 Å². The molecule has 0 saturated heterocycles. The maximum absolute atomic E-state index is 11.4. The van der Waals surface area contributed by atoms with Crippen molar-refractivity contribution in [1.82, 2.24) is 0 Å². The highest BCUT2D eigenvalue weighted by molar-refractivity contribution is 7.99. The fourth-order valence-electron chi connectivity index (χ4n) is 2.26. The van der Waals surface area contributed by atoms with E-state index in [0.29, 0.717) is 20.5 Å². The van der Waals surface area contributed by atoms with Crippen molar-refractivity contribution >= 4 is 46.9 Å². The summed E-state index contributed by atoms with van der Waals surface area (Å²) in [5, 5.41) is 16.6. The van der Waals surface area contributed by atoms with E-state index in [9.17, 15) is 10.1 Å². The Hall–Kier alpha value is -2.54. The van der Waals surface area contributed by atoms with Gasteiger partial charge in [0, 0.05) is 26.6 Å². The van der Waals surface area contributed by atoms with Crippen LogP contribution in [0.25, 0.3) is 0 Å². The molecule has 8 heteroatoms. The summed E-state index contributed by atoms with van der Waals surface area (Å²) in [6.07, 6.45) is 1.44. The summed E-state index contributed by atoms with van der Waals surface area (Å²) < 4.78 is 0. The second-order valence-corrected chi connectivity index (χ2v) is 7.66. The van der Waals surface area contributed by atoms with Crippen LogP contribution in [-0.2, 0) is 11.4 Å². The highest BCUT2D eigenvalue weighted by Crippen LogP contribution is 2.35. The molecule has 142 valence electrons. The molecule has 0 radical (unpaired) electrons. The Bertz CT molecular complexity index is 993. The smallest absolute Gasteiger partial charge is 0.283 e. The highest BCUT2D eigenvalue weighted by Gasteiger charge is 2.15. The van der Waals surface area contributed by atoms with E-state index < -0.39 is 4.92 Å². The number of nitrogens with zero attached hydrogens (tertiary/aromatic N) is 2. The normalized spacial score (nSPS) is 10.9. The second-order valence-electron chi connectivity index (χ2n) is 5.67. The van der Waals surface area contributed by atoms with Crippen LogP contribution < -0.4 is 0 Å². The third kappa shape index (κ3) is 5.73. The number of rotatable bonds is 7. The topological polar surface area (TPSA) is 64.7 Å². The SMILES string of the molecule is O=[N+]([O-])c1cc(C=NOCc2ccc(Cl)cc2)ccc1Sc1ccc(Cl)cc1. The molecule has 0 aliphatic heterocycles. The van der Waals surface area contributed by atoms with Crippen LogP contribution in [0.3, 0.4) is 0 Å². The van der Waals surface area contributed by atoms with E-state index in [1.807, 2.05) is 24.3 Å². The third-order valence-corrected chi connectivity index (χ3v) is 5.22. The lowest BCUT2D eigenvalue weighted by molar-refractivity contribution is -0.387. The van der Waals surface area contributed by atoms with Gasteiger partial charge in [-0.2, -0.15) is 0 Å². The number of halogens is 2. The van der Waals surface area contributed by atoms with E-state index >= 15 is 0 Å². The Kier molecular flexibility index (Phi) is 6.92. The lowest BCUT2D eigenvalue weighted by Gasteiger charge is -2.04. The zero-order chi connectivity index (χ0) is 19.9. The van der Waals surface area contributed by atoms with Crippen molar-refractivity contribution in [1.29, 1.82) is 0 Å². The molecule has 0 unspecified atom stereocenters. The van der Waals surface area contributed by atoms with Gasteiger partial charge in [-0.3, -0.25) is 10.1 Å². The molecule has 0 amide bonds. The highest BCUT2D eigenvalue weighted by atomic mass is 35.5. The molecule has 0 heterocycles. The van der Waals surface area contributed by atoms with Crippen LogP contribution >= 0.6 is 35.0 Å². The van der Waals surface area contributed by atoms with Gasteiger partial charge in [-0.25, -0.2) is 0 Å². The Morgan fingerprint density at radius 2 is 1.64 bits per heavy atom. The zero-order valence-electron chi connectivity index (χ0n) is 14.4. The Morgan fingerprint density at radius 1 is 1.00 bits per heavy atom. The Balaban J connectivity index is 1.68. The molecule has 0 bridgehead atoms. The van der Waals surface area contributed by atoms with Gasteiger partial charge in [0.1, 0.15) is 6.61 Å². The van der Waals surface area contributed by atoms with Crippen LogP contribution in [0, 0.1) is 10.1 Å². The minimum atomic E-state index is -0.413. The van der Waals surface area contributed by atoms with Crippen LogP contribution in [-0.4, -0.2) is 11.1 Å². The maximum atomic E-state index is 11.4. The molecule has 3 aromatic carbocycles. The van der Waals surface area contributed by atoms with Crippen molar-refractivity contribution in [3.05, 3.63) is 98.0 Å². The van der Waals surface area contributed by atoms with Crippen molar-refractivity contribution in [2.24, 2.45) is 5.16 Å². The van der Waals surface area contributed by atoms with Gasteiger partial charge in [0.15, 0.2) is 0 Å². The number of hydrogen-bond donors (Lipinski definition) is 0.